The first-order chi connectivity index (χ1) is 9.31. The molecule has 3 nitrogen and oxygen atoms in total. The van der Waals surface area contributed by atoms with Crippen LogP contribution in [0.1, 0.15) is 30.9 Å². The number of Topliss-reactive ketones (excluding diaryl/α,β-unsaturated/α-hetero) is 1. The van der Waals surface area contributed by atoms with Gasteiger partial charge in [0.1, 0.15) is 0 Å². The zero-order valence-electron chi connectivity index (χ0n) is 11.9. The van der Waals surface area contributed by atoms with Crippen LogP contribution in [0.15, 0.2) is 36.4 Å². The summed E-state index contributed by atoms with van der Waals surface area (Å²) in [7, 11) is 0. The van der Waals surface area contributed by atoms with Crippen molar-refractivity contribution < 1.29 is 9.90 Å². The molecule has 20 heavy (non-hydrogen) atoms. The van der Waals surface area contributed by atoms with Crippen LogP contribution in [-0.2, 0) is 11.2 Å². The van der Waals surface area contributed by atoms with Crippen LogP contribution in [0.4, 0.5) is 0 Å². The van der Waals surface area contributed by atoms with Crippen LogP contribution in [0.25, 0.3) is 0 Å². The van der Waals surface area contributed by atoms with Crippen LogP contribution in [0.3, 0.4) is 0 Å². The third kappa shape index (κ3) is 3.72. The Morgan fingerprint density at radius 2 is 1.95 bits per heavy atom. The molecule has 108 valence electrons. The molecule has 0 spiro atoms. The van der Waals surface area contributed by atoms with E-state index in [1.54, 1.807) is 13.0 Å². The van der Waals surface area contributed by atoms with Crippen molar-refractivity contribution >= 4 is 17.5 Å². The van der Waals surface area contributed by atoms with Crippen LogP contribution >= 0.6 is 11.8 Å². The number of carbonyl (C=O) groups is 1. The highest BCUT2D eigenvalue weighted by Gasteiger charge is 2.43. The summed E-state index contributed by atoms with van der Waals surface area (Å²) >= 11 is 1.10. The molecule has 0 bridgehead atoms. The molecule has 1 aromatic rings. The Bertz CT molecular complexity index is 522. The zero-order chi connectivity index (χ0) is 14.8. The molecule has 1 aromatic carbocycles. The Labute approximate surface area is 124 Å². The molecule has 1 aliphatic rings. The fourth-order valence-corrected chi connectivity index (χ4v) is 3.38. The molecule has 2 atom stereocenters. The van der Waals surface area contributed by atoms with E-state index in [0.717, 1.165) is 24.6 Å². The molecule has 0 aliphatic carbocycles. The first-order valence-corrected chi connectivity index (χ1v) is 7.63. The summed E-state index contributed by atoms with van der Waals surface area (Å²) in [4.78, 5) is 10.0. The van der Waals surface area contributed by atoms with E-state index in [1.807, 2.05) is 0 Å². The van der Waals surface area contributed by atoms with E-state index in [-0.39, 0.29) is 5.78 Å². The Morgan fingerprint density at radius 1 is 1.30 bits per heavy atom. The van der Waals surface area contributed by atoms with Crippen molar-refractivity contribution in [1.29, 1.82) is 0 Å². The van der Waals surface area contributed by atoms with Gasteiger partial charge >= 0.3 is 0 Å². The van der Waals surface area contributed by atoms with E-state index >= 15 is 0 Å². The highest BCUT2D eigenvalue weighted by molar-refractivity contribution is 8.03. The molecule has 0 amide bonds. The smallest absolute Gasteiger partial charge is 0.190 e. The molecule has 4 heteroatoms. The largest absolute Gasteiger partial charge is 0.369 e. The standard InChI is InChI=1S/C16H21NO2S/c1-12-6-8-13(9-7-12)4-3-5-14(18)16(19)11-10-15(2,17)20-16/h6-11,19H,3-5,17H2,1-2H3/t15-,16?/m1/s1. The number of hydrogen-bond donors (Lipinski definition) is 2. The molecule has 3 N–H and O–H groups in total. The zero-order valence-corrected chi connectivity index (χ0v) is 12.7. The number of benzene rings is 1. The van der Waals surface area contributed by atoms with Gasteiger partial charge in [0.2, 0.25) is 0 Å². The lowest BCUT2D eigenvalue weighted by atomic mass is 10.0. The number of thioether (sulfide) groups is 1. The summed E-state index contributed by atoms with van der Waals surface area (Å²) in [6.07, 6.45) is 5.15. The molecule has 2 rings (SSSR count). The third-order valence-corrected chi connectivity index (χ3v) is 4.66. The molecule has 1 aliphatic heterocycles. The molecule has 1 heterocycles. The van der Waals surface area contributed by atoms with Crippen molar-refractivity contribution in [1.82, 2.24) is 0 Å². The van der Waals surface area contributed by atoms with Gasteiger partial charge in [0.15, 0.2) is 10.7 Å². The van der Waals surface area contributed by atoms with Gasteiger partial charge < -0.3 is 10.8 Å². The fraction of sp³-hybridized carbons (Fsp3) is 0.438. The number of aliphatic hydroxyl groups is 1. The van der Waals surface area contributed by atoms with Gasteiger partial charge in [0.05, 0.1) is 4.87 Å². The van der Waals surface area contributed by atoms with E-state index in [0.29, 0.717) is 6.42 Å². The van der Waals surface area contributed by atoms with Crippen molar-refractivity contribution in [3.63, 3.8) is 0 Å². The van der Waals surface area contributed by atoms with Crippen molar-refractivity contribution in [2.75, 3.05) is 0 Å². The number of rotatable bonds is 5. The minimum Gasteiger partial charge on any atom is -0.369 e. The first kappa shape index (κ1) is 15.3. The average Bonchev–Trinajstić information content (AvgIpc) is 2.67. The van der Waals surface area contributed by atoms with Crippen LogP contribution in [0.2, 0.25) is 0 Å². The number of nitrogens with two attached hydrogens (primary N) is 1. The molecule has 0 saturated carbocycles. The average molecular weight is 291 g/mol. The van der Waals surface area contributed by atoms with E-state index in [4.69, 9.17) is 5.73 Å². The predicted octanol–water partition coefficient (Wildman–Crippen LogP) is 2.55. The van der Waals surface area contributed by atoms with Crippen LogP contribution in [0.5, 0.6) is 0 Å². The number of aryl methyl sites for hydroxylation is 2. The lowest BCUT2D eigenvalue weighted by Gasteiger charge is -2.23. The Hall–Kier alpha value is -1.10. The monoisotopic (exact) mass is 291 g/mol. The van der Waals surface area contributed by atoms with Gasteiger partial charge in [-0.15, -0.1) is 0 Å². The lowest BCUT2D eigenvalue weighted by molar-refractivity contribution is -0.126. The van der Waals surface area contributed by atoms with Crippen LogP contribution in [0, 0.1) is 6.92 Å². The number of carbonyl (C=O) groups excluding carboxylic acids is 1. The van der Waals surface area contributed by atoms with E-state index in [2.05, 4.69) is 31.2 Å². The second-order valence-corrected chi connectivity index (χ2v) is 7.28. The minimum atomic E-state index is -1.45. The summed E-state index contributed by atoms with van der Waals surface area (Å²) < 4.78 is 0. The van der Waals surface area contributed by atoms with Gasteiger partial charge in [0.25, 0.3) is 0 Å². The highest BCUT2D eigenvalue weighted by Crippen LogP contribution is 2.41. The van der Waals surface area contributed by atoms with Gasteiger partial charge in [-0.2, -0.15) is 0 Å². The Balaban J connectivity index is 1.84. The van der Waals surface area contributed by atoms with Gasteiger partial charge in [0, 0.05) is 6.42 Å². The topological polar surface area (TPSA) is 63.3 Å². The third-order valence-electron chi connectivity index (χ3n) is 3.41. The maximum atomic E-state index is 12.1. The summed E-state index contributed by atoms with van der Waals surface area (Å²) in [5.74, 6) is -0.167. The number of ketones is 1. The summed E-state index contributed by atoms with van der Waals surface area (Å²) in [5, 5.41) is 10.3. The maximum Gasteiger partial charge on any atom is 0.190 e. The van der Waals surface area contributed by atoms with E-state index in [1.165, 1.54) is 17.2 Å². The Kier molecular flexibility index (Phi) is 4.37. The second-order valence-electron chi connectivity index (χ2n) is 5.58. The normalized spacial score (nSPS) is 28.8. The minimum absolute atomic E-state index is 0.167. The van der Waals surface area contributed by atoms with Crippen molar-refractivity contribution in [3.8, 4) is 0 Å². The molecule has 0 saturated heterocycles. The predicted molar refractivity (Wildman–Crippen MR) is 83.4 cm³/mol. The van der Waals surface area contributed by atoms with Crippen LogP contribution < -0.4 is 5.73 Å². The van der Waals surface area contributed by atoms with Crippen molar-refractivity contribution in [3.05, 3.63) is 47.5 Å². The summed E-state index contributed by atoms with van der Waals surface area (Å²) in [6, 6.07) is 8.30. The summed E-state index contributed by atoms with van der Waals surface area (Å²) in [6.45, 7) is 3.84. The highest BCUT2D eigenvalue weighted by atomic mass is 32.2. The molecule has 0 fully saturated rings. The van der Waals surface area contributed by atoms with Gasteiger partial charge in [-0.3, -0.25) is 4.79 Å². The lowest BCUT2D eigenvalue weighted by Crippen LogP contribution is -2.36. The quantitative estimate of drug-likeness (QED) is 0.818. The van der Waals surface area contributed by atoms with Gasteiger partial charge in [-0.25, -0.2) is 0 Å². The van der Waals surface area contributed by atoms with Crippen molar-refractivity contribution in [2.24, 2.45) is 5.73 Å². The van der Waals surface area contributed by atoms with E-state index in [9.17, 15) is 9.90 Å². The molecular weight excluding hydrogens is 270 g/mol. The molecule has 0 radical (unpaired) electrons. The second kappa shape index (κ2) is 5.72. The van der Waals surface area contributed by atoms with Gasteiger partial charge in [-0.1, -0.05) is 47.7 Å². The number of hydrogen-bond acceptors (Lipinski definition) is 4. The first-order valence-electron chi connectivity index (χ1n) is 6.81. The van der Waals surface area contributed by atoms with E-state index < -0.39 is 9.80 Å². The van der Waals surface area contributed by atoms with Crippen LogP contribution in [-0.4, -0.2) is 20.7 Å². The Morgan fingerprint density at radius 3 is 2.50 bits per heavy atom. The van der Waals surface area contributed by atoms with Gasteiger partial charge in [-0.05, 0) is 38.3 Å². The molecule has 1 unspecified atom stereocenters. The van der Waals surface area contributed by atoms with Crippen molar-refractivity contribution in [2.45, 2.75) is 42.9 Å². The maximum absolute atomic E-state index is 12.1. The molecular formula is C16H21NO2S. The molecule has 0 aromatic heterocycles. The summed E-state index contributed by atoms with van der Waals surface area (Å²) in [5.41, 5.74) is 8.34. The SMILES string of the molecule is Cc1ccc(CCCC(=O)C2(O)C=C[C@](C)(N)S2)cc1. The fourth-order valence-electron chi connectivity index (χ4n) is 2.22.